The average Bonchev–Trinajstić information content (AvgIpc) is 2.41. The second kappa shape index (κ2) is 5.69. The summed E-state index contributed by atoms with van der Waals surface area (Å²) in [4.78, 5) is 4.03. The molecular weight excluding hydrogens is 234 g/mol. The van der Waals surface area contributed by atoms with E-state index in [0.29, 0.717) is 12.0 Å². The van der Waals surface area contributed by atoms with Gasteiger partial charge in [0.05, 0.1) is 0 Å². The fourth-order valence-electron chi connectivity index (χ4n) is 1.89. The molecule has 0 aliphatic carbocycles. The van der Waals surface area contributed by atoms with E-state index in [-0.39, 0.29) is 11.9 Å². The quantitative estimate of drug-likeness (QED) is 0.900. The minimum Gasteiger partial charge on any atom is -0.313 e. The highest BCUT2D eigenvalue weighted by molar-refractivity contribution is 5.23. The minimum atomic E-state index is -0.424. The van der Waals surface area contributed by atoms with Crippen LogP contribution in [0.1, 0.15) is 17.2 Å². The van der Waals surface area contributed by atoms with Crippen LogP contribution in [0.2, 0.25) is 0 Å². The Hall–Kier alpha value is -1.81. The molecular formula is C14H14F2N2. The maximum Gasteiger partial charge on any atom is 0.126 e. The fourth-order valence-corrected chi connectivity index (χ4v) is 1.89. The van der Waals surface area contributed by atoms with Crippen molar-refractivity contribution < 1.29 is 8.78 Å². The van der Waals surface area contributed by atoms with E-state index in [2.05, 4.69) is 10.3 Å². The third-order valence-corrected chi connectivity index (χ3v) is 2.87. The maximum absolute atomic E-state index is 13.6. The first-order valence-corrected chi connectivity index (χ1v) is 5.72. The lowest BCUT2D eigenvalue weighted by molar-refractivity contribution is 0.543. The van der Waals surface area contributed by atoms with Crippen LogP contribution in [0.25, 0.3) is 0 Å². The first-order valence-electron chi connectivity index (χ1n) is 5.72. The molecule has 1 aromatic carbocycles. The molecule has 0 aliphatic heterocycles. The van der Waals surface area contributed by atoms with Crippen molar-refractivity contribution in [2.24, 2.45) is 0 Å². The van der Waals surface area contributed by atoms with E-state index in [1.165, 1.54) is 6.07 Å². The van der Waals surface area contributed by atoms with E-state index in [9.17, 15) is 8.78 Å². The molecule has 18 heavy (non-hydrogen) atoms. The van der Waals surface area contributed by atoms with Crippen LogP contribution in [0.5, 0.6) is 0 Å². The molecule has 0 spiro atoms. The van der Waals surface area contributed by atoms with Crippen LogP contribution < -0.4 is 5.32 Å². The number of nitrogens with one attached hydrogen (secondary N) is 1. The van der Waals surface area contributed by atoms with Crippen molar-refractivity contribution in [3.8, 4) is 0 Å². The van der Waals surface area contributed by atoms with Gasteiger partial charge in [-0.05, 0) is 48.9 Å². The first kappa shape index (κ1) is 12.6. The van der Waals surface area contributed by atoms with Crippen molar-refractivity contribution in [1.82, 2.24) is 10.3 Å². The maximum atomic E-state index is 13.6. The Labute approximate surface area is 105 Å². The summed E-state index contributed by atoms with van der Waals surface area (Å²) in [5, 5.41) is 3.08. The van der Waals surface area contributed by atoms with E-state index in [0.717, 1.165) is 17.7 Å². The number of halogens is 2. The molecule has 2 nitrogen and oxygen atoms in total. The number of hydrogen-bond acceptors (Lipinski definition) is 2. The number of likely N-dealkylation sites (N-methyl/N-ethyl adjacent to an activating group) is 1. The molecule has 1 unspecified atom stereocenters. The Bertz CT molecular complexity index is 514. The van der Waals surface area contributed by atoms with Crippen molar-refractivity contribution >= 4 is 0 Å². The number of pyridine rings is 1. The zero-order valence-electron chi connectivity index (χ0n) is 10.0. The molecule has 1 atom stereocenters. The standard InChI is InChI=1S/C14H14F2N2/c1-17-14(10-3-2-6-18-9-10)8-11-7-12(15)4-5-13(11)16/h2-7,9,14,17H,8H2,1H3. The van der Waals surface area contributed by atoms with Crippen molar-refractivity contribution in [2.45, 2.75) is 12.5 Å². The highest BCUT2D eigenvalue weighted by Crippen LogP contribution is 2.19. The monoisotopic (exact) mass is 248 g/mol. The molecule has 1 heterocycles. The molecule has 1 aromatic heterocycles. The van der Waals surface area contributed by atoms with Gasteiger partial charge in [-0.15, -0.1) is 0 Å². The zero-order valence-corrected chi connectivity index (χ0v) is 10.0. The minimum absolute atomic E-state index is 0.0880. The Kier molecular flexibility index (Phi) is 3.99. The number of aromatic nitrogens is 1. The molecule has 2 rings (SSSR count). The Morgan fingerprint density at radius 1 is 1.28 bits per heavy atom. The lowest BCUT2D eigenvalue weighted by atomic mass is 10.00. The smallest absolute Gasteiger partial charge is 0.126 e. The molecule has 0 aliphatic rings. The van der Waals surface area contributed by atoms with Gasteiger partial charge in [0.25, 0.3) is 0 Å². The summed E-state index contributed by atoms with van der Waals surface area (Å²) >= 11 is 0. The Morgan fingerprint density at radius 3 is 2.78 bits per heavy atom. The van der Waals surface area contributed by atoms with Crippen LogP contribution in [0.15, 0.2) is 42.7 Å². The lowest BCUT2D eigenvalue weighted by Crippen LogP contribution is -2.19. The van der Waals surface area contributed by atoms with Gasteiger partial charge in [-0.1, -0.05) is 6.07 Å². The summed E-state index contributed by atoms with van der Waals surface area (Å²) in [6.07, 6.45) is 3.78. The zero-order chi connectivity index (χ0) is 13.0. The van der Waals surface area contributed by atoms with Gasteiger partial charge in [0.2, 0.25) is 0 Å². The lowest BCUT2D eigenvalue weighted by Gasteiger charge is -2.16. The molecule has 0 saturated carbocycles. The largest absolute Gasteiger partial charge is 0.313 e. The van der Waals surface area contributed by atoms with Crippen molar-refractivity contribution in [2.75, 3.05) is 7.05 Å². The molecule has 0 fully saturated rings. The van der Waals surface area contributed by atoms with Crippen molar-refractivity contribution in [3.63, 3.8) is 0 Å². The van der Waals surface area contributed by atoms with Gasteiger partial charge in [0.15, 0.2) is 0 Å². The second-order valence-electron chi connectivity index (χ2n) is 4.07. The molecule has 0 amide bonds. The average molecular weight is 248 g/mol. The third kappa shape index (κ3) is 2.90. The predicted molar refractivity (Wildman–Crippen MR) is 66.1 cm³/mol. The fraction of sp³-hybridized carbons (Fsp3) is 0.214. The summed E-state index contributed by atoms with van der Waals surface area (Å²) in [6.45, 7) is 0. The van der Waals surface area contributed by atoms with Crippen molar-refractivity contribution in [3.05, 3.63) is 65.5 Å². The van der Waals surface area contributed by atoms with Crippen molar-refractivity contribution in [1.29, 1.82) is 0 Å². The first-order chi connectivity index (χ1) is 8.70. The van der Waals surface area contributed by atoms with Gasteiger partial charge in [-0.2, -0.15) is 0 Å². The van der Waals surface area contributed by atoms with Gasteiger partial charge in [-0.25, -0.2) is 8.78 Å². The van der Waals surface area contributed by atoms with Crippen LogP contribution in [0.4, 0.5) is 8.78 Å². The summed E-state index contributed by atoms with van der Waals surface area (Å²) in [6, 6.07) is 7.15. The summed E-state index contributed by atoms with van der Waals surface area (Å²) in [5.74, 6) is -0.812. The van der Waals surface area contributed by atoms with E-state index in [1.54, 1.807) is 19.4 Å². The third-order valence-electron chi connectivity index (χ3n) is 2.87. The molecule has 4 heteroatoms. The van der Waals surface area contributed by atoms with E-state index in [4.69, 9.17) is 0 Å². The van der Waals surface area contributed by atoms with E-state index in [1.807, 2.05) is 12.1 Å². The van der Waals surface area contributed by atoms with Crippen LogP contribution in [-0.2, 0) is 6.42 Å². The second-order valence-corrected chi connectivity index (χ2v) is 4.07. The van der Waals surface area contributed by atoms with Gasteiger partial charge < -0.3 is 5.32 Å². The molecule has 1 N–H and O–H groups in total. The number of nitrogens with zero attached hydrogens (tertiary/aromatic N) is 1. The highest BCUT2D eigenvalue weighted by atomic mass is 19.1. The Balaban J connectivity index is 2.23. The summed E-state index contributed by atoms with van der Waals surface area (Å²) < 4.78 is 26.7. The molecule has 94 valence electrons. The molecule has 0 saturated heterocycles. The predicted octanol–water partition coefficient (Wildman–Crippen LogP) is 2.86. The van der Waals surface area contributed by atoms with Crippen LogP contribution in [0, 0.1) is 11.6 Å². The number of rotatable bonds is 4. The number of hydrogen-bond donors (Lipinski definition) is 1. The summed E-state index contributed by atoms with van der Waals surface area (Å²) in [7, 11) is 1.79. The molecule has 0 radical (unpaired) electrons. The topological polar surface area (TPSA) is 24.9 Å². The van der Waals surface area contributed by atoms with Gasteiger partial charge in [-0.3, -0.25) is 4.98 Å². The van der Waals surface area contributed by atoms with Crippen LogP contribution in [0.3, 0.4) is 0 Å². The van der Waals surface area contributed by atoms with Crippen LogP contribution in [-0.4, -0.2) is 12.0 Å². The summed E-state index contributed by atoms with van der Waals surface area (Å²) in [5.41, 5.74) is 1.31. The van der Waals surface area contributed by atoms with E-state index < -0.39 is 5.82 Å². The highest BCUT2D eigenvalue weighted by Gasteiger charge is 2.13. The number of benzene rings is 1. The Morgan fingerprint density at radius 2 is 2.11 bits per heavy atom. The SMILES string of the molecule is CNC(Cc1cc(F)ccc1F)c1cccnc1. The molecule has 0 bridgehead atoms. The van der Waals surface area contributed by atoms with Gasteiger partial charge in [0.1, 0.15) is 11.6 Å². The van der Waals surface area contributed by atoms with Crippen LogP contribution >= 0.6 is 0 Å². The van der Waals surface area contributed by atoms with Gasteiger partial charge >= 0.3 is 0 Å². The molecule has 2 aromatic rings. The van der Waals surface area contributed by atoms with Gasteiger partial charge in [0, 0.05) is 18.4 Å². The van der Waals surface area contributed by atoms with E-state index >= 15 is 0 Å². The normalized spacial score (nSPS) is 12.4.